The monoisotopic (exact) mass is 307 g/mol. The molecule has 2 aromatic rings. The SMILES string of the molecule is Cn1nnnc1S[C@H]1CCCN(c2cccc(F)c2)C1=O. The van der Waals surface area contributed by atoms with E-state index >= 15 is 0 Å². The predicted molar refractivity (Wildman–Crippen MR) is 76.4 cm³/mol. The Bertz CT molecular complexity index is 662. The molecule has 0 spiro atoms. The van der Waals surface area contributed by atoms with E-state index in [1.54, 1.807) is 28.8 Å². The van der Waals surface area contributed by atoms with Gasteiger partial charge in [0.05, 0.1) is 5.25 Å². The van der Waals surface area contributed by atoms with Crippen molar-refractivity contribution in [2.45, 2.75) is 23.2 Å². The zero-order chi connectivity index (χ0) is 14.8. The molecule has 0 bridgehead atoms. The average molecular weight is 307 g/mol. The number of rotatable bonds is 3. The van der Waals surface area contributed by atoms with Crippen molar-refractivity contribution in [2.24, 2.45) is 7.05 Å². The zero-order valence-corrected chi connectivity index (χ0v) is 12.3. The molecule has 110 valence electrons. The molecule has 1 aromatic carbocycles. The van der Waals surface area contributed by atoms with Crippen LogP contribution in [0.3, 0.4) is 0 Å². The molecular formula is C13H14FN5OS. The van der Waals surface area contributed by atoms with Crippen LogP contribution in [0.5, 0.6) is 0 Å². The summed E-state index contributed by atoms with van der Waals surface area (Å²) in [5.41, 5.74) is 0.599. The van der Waals surface area contributed by atoms with Gasteiger partial charge in [0.25, 0.3) is 0 Å². The maximum atomic E-state index is 13.3. The molecule has 21 heavy (non-hydrogen) atoms. The molecule has 1 amide bonds. The maximum Gasteiger partial charge on any atom is 0.240 e. The number of benzene rings is 1. The van der Waals surface area contributed by atoms with Crippen LogP contribution in [-0.2, 0) is 11.8 Å². The summed E-state index contributed by atoms with van der Waals surface area (Å²) in [5, 5.41) is 11.6. The van der Waals surface area contributed by atoms with E-state index in [1.165, 1.54) is 23.9 Å². The summed E-state index contributed by atoms with van der Waals surface area (Å²) in [4.78, 5) is 14.2. The first kappa shape index (κ1) is 14.0. The average Bonchev–Trinajstić information content (AvgIpc) is 2.86. The second kappa shape index (κ2) is 5.80. The highest BCUT2D eigenvalue weighted by molar-refractivity contribution is 8.00. The smallest absolute Gasteiger partial charge is 0.240 e. The lowest BCUT2D eigenvalue weighted by atomic mass is 10.1. The zero-order valence-electron chi connectivity index (χ0n) is 11.4. The Morgan fingerprint density at radius 3 is 3.00 bits per heavy atom. The first-order valence-electron chi connectivity index (χ1n) is 6.61. The van der Waals surface area contributed by atoms with Crippen LogP contribution in [0.1, 0.15) is 12.8 Å². The summed E-state index contributed by atoms with van der Waals surface area (Å²) in [6, 6.07) is 6.11. The Labute approximate surface area is 125 Å². The van der Waals surface area contributed by atoms with Gasteiger partial charge in [-0.25, -0.2) is 9.07 Å². The van der Waals surface area contributed by atoms with E-state index in [1.807, 2.05) is 0 Å². The van der Waals surface area contributed by atoms with Gasteiger partial charge in [0, 0.05) is 19.3 Å². The van der Waals surface area contributed by atoms with Crippen LogP contribution < -0.4 is 4.90 Å². The van der Waals surface area contributed by atoms with Gasteiger partial charge in [-0.05, 0) is 41.5 Å². The number of aryl methyl sites for hydroxylation is 1. The van der Waals surface area contributed by atoms with Crippen LogP contribution in [0.2, 0.25) is 0 Å². The topological polar surface area (TPSA) is 63.9 Å². The number of carbonyl (C=O) groups is 1. The standard InChI is InChI=1S/C13H14FN5OS/c1-18-13(15-16-17-18)21-11-6-3-7-19(12(11)20)10-5-2-4-9(14)8-10/h2,4-5,8,11H,3,6-7H2,1H3/t11-/m0/s1. The van der Waals surface area contributed by atoms with E-state index in [0.717, 1.165) is 12.8 Å². The van der Waals surface area contributed by atoms with Crippen molar-refractivity contribution in [3.8, 4) is 0 Å². The Balaban J connectivity index is 1.79. The number of aromatic nitrogens is 4. The number of hydrogen-bond acceptors (Lipinski definition) is 5. The third-order valence-electron chi connectivity index (χ3n) is 3.34. The molecule has 6 nitrogen and oxygen atoms in total. The lowest BCUT2D eigenvalue weighted by Gasteiger charge is -2.31. The highest BCUT2D eigenvalue weighted by Crippen LogP contribution is 2.31. The fraction of sp³-hybridized carbons (Fsp3) is 0.385. The van der Waals surface area contributed by atoms with E-state index in [0.29, 0.717) is 17.4 Å². The van der Waals surface area contributed by atoms with Crippen molar-refractivity contribution in [3.63, 3.8) is 0 Å². The van der Waals surface area contributed by atoms with Crippen molar-refractivity contribution in [1.29, 1.82) is 0 Å². The minimum absolute atomic E-state index is 0.0279. The summed E-state index contributed by atoms with van der Waals surface area (Å²) >= 11 is 1.35. The van der Waals surface area contributed by atoms with Crippen molar-refractivity contribution in [3.05, 3.63) is 30.1 Å². The highest BCUT2D eigenvalue weighted by atomic mass is 32.2. The molecule has 1 aromatic heterocycles. The predicted octanol–water partition coefficient (Wildman–Crippen LogP) is 1.64. The molecule has 0 saturated carbocycles. The number of hydrogen-bond donors (Lipinski definition) is 0. The van der Waals surface area contributed by atoms with Crippen LogP contribution in [0, 0.1) is 5.82 Å². The van der Waals surface area contributed by atoms with Gasteiger partial charge in [-0.2, -0.15) is 0 Å². The van der Waals surface area contributed by atoms with Crippen LogP contribution in [0.4, 0.5) is 10.1 Å². The molecule has 0 unspecified atom stereocenters. The molecule has 1 aliphatic rings. The lowest BCUT2D eigenvalue weighted by molar-refractivity contribution is -0.119. The second-order valence-electron chi connectivity index (χ2n) is 4.80. The summed E-state index contributed by atoms with van der Waals surface area (Å²) < 4.78 is 14.9. The lowest BCUT2D eigenvalue weighted by Crippen LogP contribution is -2.43. The van der Waals surface area contributed by atoms with Gasteiger partial charge in [-0.1, -0.05) is 17.8 Å². The Kier molecular flexibility index (Phi) is 3.87. The summed E-state index contributed by atoms with van der Waals surface area (Å²) in [6.45, 7) is 0.608. The van der Waals surface area contributed by atoms with E-state index in [9.17, 15) is 9.18 Å². The molecule has 2 heterocycles. The van der Waals surface area contributed by atoms with E-state index in [-0.39, 0.29) is 17.0 Å². The first-order valence-corrected chi connectivity index (χ1v) is 7.49. The van der Waals surface area contributed by atoms with Crippen molar-refractivity contribution >= 4 is 23.4 Å². The molecule has 1 fully saturated rings. The van der Waals surface area contributed by atoms with Crippen molar-refractivity contribution in [1.82, 2.24) is 20.2 Å². The Morgan fingerprint density at radius 1 is 1.43 bits per heavy atom. The quantitative estimate of drug-likeness (QED) is 0.862. The molecule has 3 rings (SSSR count). The number of anilines is 1. The Morgan fingerprint density at radius 2 is 2.29 bits per heavy atom. The number of amides is 1. The molecule has 0 N–H and O–H groups in total. The molecular weight excluding hydrogens is 293 g/mol. The summed E-state index contributed by atoms with van der Waals surface area (Å²) in [7, 11) is 1.74. The van der Waals surface area contributed by atoms with Crippen LogP contribution in [0.25, 0.3) is 0 Å². The fourth-order valence-electron chi connectivity index (χ4n) is 2.30. The minimum atomic E-state index is -0.340. The molecule has 1 atom stereocenters. The molecule has 1 aliphatic heterocycles. The van der Waals surface area contributed by atoms with Crippen molar-refractivity contribution in [2.75, 3.05) is 11.4 Å². The van der Waals surface area contributed by atoms with E-state index in [2.05, 4.69) is 15.5 Å². The van der Waals surface area contributed by atoms with Gasteiger partial charge >= 0.3 is 0 Å². The second-order valence-corrected chi connectivity index (χ2v) is 5.97. The number of thioether (sulfide) groups is 1. The van der Waals surface area contributed by atoms with Gasteiger partial charge in [0.15, 0.2) is 0 Å². The van der Waals surface area contributed by atoms with Gasteiger partial charge < -0.3 is 4.90 Å². The molecule has 8 heteroatoms. The third-order valence-corrected chi connectivity index (χ3v) is 4.62. The van der Waals surface area contributed by atoms with Gasteiger partial charge in [-0.3, -0.25) is 4.79 Å². The van der Waals surface area contributed by atoms with Crippen LogP contribution >= 0.6 is 11.8 Å². The summed E-state index contributed by atoms with van der Waals surface area (Å²) in [5.74, 6) is -0.368. The number of carbonyl (C=O) groups excluding carboxylic acids is 1. The van der Waals surface area contributed by atoms with E-state index in [4.69, 9.17) is 0 Å². The third kappa shape index (κ3) is 2.90. The van der Waals surface area contributed by atoms with Gasteiger partial charge in [0.2, 0.25) is 11.1 Å². The fourth-order valence-corrected chi connectivity index (χ4v) is 3.34. The maximum absolute atomic E-state index is 13.3. The number of nitrogens with zero attached hydrogens (tertiary/aromatic N) is 5. The van der Waals surface area contributed by atoms with Crippen LogP contribution in [-0.4, -0.2) is 37.9 Å². The molecule has 1 saturated heterocycles. The largest absolute Gasteiger partial charge is 0.311 e. The van der Waals surface area contributed by atoms with Crippen molar-refractivity contribution < 1.29 is 9.18 Å². The Hall–Kier alpha value is -1.96. The molecule has 0 radical (unpaired) electrons. The normalized spacial score (nSPS) is 19.0. The number of piperidine rings is 1. The summed E-state index contributed by atoms with van der Waals surface area (Å²) in [6.07, 6.45) is 1.63. The van der Waals surface area contributed by atoms with E-state index < -0.39 is 0 Å². The highest BCUT2D eigenvalue weighted by Gasteiger charge is 2.31. The van der Waals surface area contributed by atoms with Gasteiger partial charge in [0.1, 0.15) is 5.82 Å². The van der Waals surface area contributed by atoms with Gasteiger partial charge in [-0.15, -0.1) is 5.10 Å². The molecule has 0 aliphatic carbocycles. The number of tetrazole rings is 1. The minimum Gasteiger partial charge on any atom is -0.311 e. The van der Waals surface area contributed by atoms with Crippen LogP contribution in [0.15, 0.2) is 29.4 Å². The number of halogens is 1. The first-order chi connectivity index (χ1) is 10.1.